The Bertz CT molecular complexity index is 991. The number of methoxy groups -OCH3 is 1. The molecule has 0 radical (unpaired) electrons. The van der Waals surface area contributed by atoms with Gasteiger partial charge in [0.1, 0.15) is 17.6 Å². The minimum Gasteiger partial charge on any atom is -0.495 e. The first-order valence-corrected chi connectivity index (χ1v) is 7.65. The summed E-state index contributed by atoms with van der Waals surface area (Å²) in [5.74, 6) is 1.55. The minimum absolute atomic E-state index is 0.590. The van der Waals surface area contributed by atoms with Crippen molar-refractivity contribution in [1.29, 1.82) is 0 Å². The molecular weight excluding hydrogens is 304 g/mol. The summed E-state index contributed by atoms with van der Waals surface area (Å²) >= 11 is 0. The van der Waals surface area contributed by atoms with E-state index in [1.54, 1.807) is 19.5 Å². The van der Waals surface area contributed by atoms with Gasteiger partial charge in [0.2, 0.25) is 0 Å². The zero-order valence-electron chi connectivity index (χ0n) is 13.2. The van der Waals surface area contributed by atoms with Gasteiger partial charge >= 0.3 is 0 Å². The summed E-state index contributed by atoms with van der Waals surface area (Å²) in [4.78, 5) is 20.1. The number of benzene rings is 1. The normalized spacial score (nSPS) is 11.0. The zero-order valence-corrected chi connectivity index (χ0v) is 13.2. The Morgan fingerprint density at radius 1 is 1.12 bits per heavy atom. The van der Waals surface area contributed by atoms with E-state index in [4.69, 9.17) is 4.74 Å². The van der Waals surface area contributed by atoms with E-state index < -0.39 is 0 Å². The molecule has 2 N–H and O–H groups in total. The highest BCUT2D eigenvalue weighted by Gasteiger charge is 2.09. The third-order valence-corrected chi connectivity index (χ3v) is 3.94. The highest BCUT2D eigenvalue weighted by atomic mass is 16.5. The first kappa shape index (κ1) is 14.4. The molecule has 3 aromatic heterocycles. The Morgan fingerprint density at radius 3 is 2.96 bits per heavy atom. The van der Waals surface area contributed by atoms with E-state index in [-0.39, 0.29) is 0 Å². The molecular formula is C17H16N6O. The first-order chi connectivity index (χ1) is 11.9. The lowest BCUT2D eigenvalue weighted by molar-refractivity contribution is 0.419. The van der Waals surface area contributed by atoms with Gasteiger partial charge in [-0.15, -0.1) is 0 Å². The largest absolute Gasteiger partial charge is 0.495 e. The highest BCUT2D eigenvalue weighted by Crippen LogP contribution is 2.27. The molecule has 120 valence electrons. The summed E-state index contributed by atoms with van der Waals surface area (Å²) in [5, 5.41) is 4.49. The van der Waals surface area contributed by atoms with Gasteiger partial charge in [-0.1, -0.05) is 12.1 Å². The average molecular weight is 320 g/mol. The second-order valence-electron chi connectivity index (χ2n) is 5.32. The molecule has 24 heavy (non-hydrogen) atoms. The van der Waals surface area contributed by atoms with E-state index in [0.29, 0.717) is 17.0 Å². The maximum atomic E-state index is 5.38. The van der Waals surface area contributed by atoms with Crippen LogP contribution in [0.2, 0.25) is 0 Å². The van der Waals surface area contributed by atoms with Crippen LogP contribution < -0.4 is 10.1 Å². The number of hydrogen-bond acceptors (Lipinski definition) is 6. The molecule has 0 saturated heterocycles. The Labute approximate surface area is 138 Å². The van der Waals surface area contributed by atoms with Gasteiger partial charge in [0.05, 0.1) is 12.6 Å². The first-order valence-electron chi connectivity index (χ1n) is 7.65. The van der Waals surface area contributed by atoms with Crippen molar-refractivity contribution < 1.29 is 4.74 Å². The average Bonchev–Trinajstić information content (AvgIpc) is 3.05. The third kappa shape index (κ3) is 2.50. The number of para-hydroxylation sites is 1. The van der Waals surface area contributed by atoms with Gasteiger partial charge in [0.25, 0.3) is 0 Å². The number of aromatic nitrogens is 5. The van der Waals surface area contributed by atoms with E-state index in [9.17, 15) is 0 Å². The summed E-state index contributed by atoms with van der Waals surface area (Å²) in [6.07, 6.45) is 7.63. The second kappa shape index (κ2) is 6.11. The summed E-state index contributed by atoms with van der Waals surface area (Å²) in [7, 11) is 1.68. The topological polar surface area (TPSA) is 88.6 Å². The van der Waals surface area contributed by atoms with Gasteiger partial charge in [-0.2, -0.15) is 0 Å². The fourth-order valence-electron chi connectivity index (χ4n) is 2.80. The van der Waals surface area contributed by atoms with Crippen LogP contribution in [0.25, 0.3) is 22.1 Å². The quantitative estimate of drug-likeness (QED) is 0.587. The van der Waals surface area contributed by atoms with Crippen molar-refractivity contribution in [3.8, 4) is 5.75 Å². The van der Waals surface area contributed by atoms with E-state index in [0.717, 1.165) is 24.2 Å². The van der Waals surface area contributed by atoms with Crippen LogP contribution in [0.4, 0.5) is 5.82 Å². The molecule has 4 rings (SSSR count). The molecule has 0 atom stereocenters. The van der Waals surface area contributed by atoms with Gasteiger partial charge in [-0.3, -0.25) is 0 Å². The predicted octanol–water partition coefficient (Wildman–Crippen LogP) is 2.56. The lowest BCUT2D eigenvalue weighted by Crippen LogP contribution is -2.07. The van der Waals surface area contributed by atoms with Crippen molar-refractivity contribution in [1.82, 2.24) is 24.9 Å². The lowest BCUT2D eigenvalue weighted by atomic mass is 10.1. The Morgan fingerprint density at radius 2 is 2.04 bits per heavy atom. The van der Waals surface area contributed by atoms with Crippen molar-refractivity contribution >= 4 is 27.9 Å². The number of rotatable bonds is 5. The van der Waals surface area contributed by atoms with E-state index >= 15 is 0 Å². The van der Waals surface area contributed by atoms with Crippen LogP contribution in [0.3, 0.4) is 0 Å². The standard InChI is InChI=1S/C17H16N6O/c1-24-13-4-2-3-12-11(9-21-14(12)13)5-6-19-16-15-17(23-10-22-16)20-8-7-18-15/h2-4,7-10,21H,5-6H2,1H3,(H,19,20,22,23). The SMILES string of the molecule is COc1cccc2c(CCNc3ncnc4nccnc34)c[nH]c12. The van der Waals surface area contributed by atoms with Crippen molar-refractivity contribution in [3.05, 3.63) is 48.7 Å². The summed E-state index contributed by atoms with van der Waals surface area (Å²) in [6.45, 7) is 0.729. The van der Waals surface area contributed by atoms with Crippen LogP contribution in [0, 0.1) is 0 Å². The molecule has 3 heterocycles. The van der Waals surface area contributed by atoms with Crippen LogP contribution in [0.15, 0.2) is 43.1 Å². The van der Waals surface area contributed by atoms with Gasteiger partial charge in [0, 0.05) is 30.5 Å². The number of ether oxygens (including phenoxy) is 1. The molecule has 7 nitrogen and oxygen atoms in total. The van der Waals surface area contributed by atoms with E-state index in [2.05, 4.69) is 36.3 Å². The van der Waals surface area contributed by atoms with Gasteiger partial charge < -0.3 is 15.0 Å². The Balaban J connectivity index is 1.53. The minimum atomic E-state index is 0.590. The number of anilines is 1. The molecule has 0 fully saturated rings. The van der Waals surface area contributed by atoms with Crippen molar-refractivity contribution in [2.45, 2.75) is 6.42 Å². The van der Waals surface area contributed by atoms with Crippen LogP contribution in [0.1, 0.15) is 5.56 Å². The third-order valence-electron chi connectivity index (χ3n) is 3.94. The van der Waals surface area contributed by atoms with Gasteiger partial charge in [0.15, 0.2) is 11.5 Å². The predicted molar refractivity (Wildman–Crippen MR) is 92.2 cm³/mol. The number of nitrogens with zero attached hydrogens (tertiary/aromatic N) is 4. The number of fused-ring (bicyclic) bond motifs is 2. The van der Waals surface area contributed by atoms with Crippen LogP contribution in [-0.4, -0.2) is 38.6 Å². The molecule has 4 aromatic rings. The number of hydrogen-bond donors (Lipinski definition) is 2. The molecule has 0 spiro atoms. The van der Waals surface area contributed by atoms with Gasteiger partial charge in [-0.25, -0.2) is 19.9 Å². The molecule has 0 amide bonds. The fraction of sp³-hybridized carbons (Fsp3) is 0.176. The number of aromatic amines is 1. The molecule has 0 bridgehead atoms. The maximum Gasteiger partial charge on any atom is 0.183 e. The van der Waals surface area contributed by atoms with Crippen LogP contribution in [0.5, 0.6) is 5.75 Å². The molecule has 0 saturated carbocycles. The highest BCUT2D eigenvalue weighted by molar-refractivity contribution is 5.88. The van der Waals surface area contributed by atoms with E-state index in [1.165, 1.54) is 17.3 Å². The molecule has 0 aliphatic heterocycles. The monoisotopic (exact) mass is 320 g/mol. The maximum absolute atomic E-state index is 5.38. The van der Waals surface area contributed by atoms with Crippen molar-refractivity contribution in [3.63, 3.8) is 0 Å². The fourth-order valence-corrected chi connectivity index (χ4v) is 2.80. The number of nitrogens with one attached hydrogen (secondary N) is 2. The van der Waals surface area contributed by atoms with Crippen LogP contribution in [-0.2, 0) is 6.42 Å². The lowest BCUT2D eigenvalue weighted by Gasteiger charge is -2.07. The smallest absolute Gasteiger partial charge is 0.183 e. The molecule has 1 aromatic carbocycles. The summed E-state index contributed by atoms with van der Waals surface area (Å²) in [5.41, 5.74) is 3.52. The van der Waals surface area contributed by atoms with E-state index in [1.807, 2.05) is 18.3 Å². The van der Waals surface area contributed by atoms with Gasteiger partial charge in [-0.05, 0) is 18.1 Å². The van der Waals surface area contributed by atoms with Crippen LogP contribution >= 0.6 is 0 Å². The Hall–Kier alpha value is -3.22. The second-order valence-corrected chi connectivity index (χ2v) is 5.32. The molecule has 0 unspecified atom stereocenters. The molecule has 7 heteroatoms. The summed E-state index contributed by atoms with van der Waals surface area (Å²) in [6, 6.07) is 6.04. The van der Waals surface area contributed by atoms with Crippen molar-refractivity contribution in [2.24, 2.45) is 0 Å². The summed E-state index contributed by atoms with van der Waals surface area (Å²) < 4.78 is 5.38. The van der Waals surface area contributed by atoms with Crippen molar-refractivity contribution in [2.75, 3.05) is 19.0 Å². The molecule has 0 aliphatic rings. The Kier molecular flexibility index (Phi) is 3.66. The number of H-pyrrole nitrogens is 1. The zero-order chi connectivity index (χ0) is 16.4. The molecule has 0 aliphatic carbocycles.